The van der Waals surface area contributed by atoms with Crippen molar-refractivity contribution in [2.75, 3.05) is 17.1 Å². The van der Waals surface area contributed by atoms with Crippen molar-refractivity contribution in [3.05, 3.63) is 64.7 Å². The maximum absolute atomic E-state index is 13.9. The predicted octanol–water partition coefficient (Wildman–Crippen LogP) is 5.10. The summed E-state index contributed by atoms with van der Waals surface area (Å²) >= 11 is 6.06. The molecule has 0 aliphatic heterocycles. The predicted molar refractivity (Wildman–Crippen MR) is 149 cm³/mol. The Morgan fingerprint density at radius 1 is 1.05 bits per heavy atom. The third-order valence-electron chi connectivity index (χ3n) is 6.86. The molecular formula is C28H38ClN3O4S. The Morgan fingerprint density at radius 2 is 1.68 bits per heavy atom. The lowest BCUT2D eigenvalue weighted by atomic mass is 10.0. The molecule has 0 radical (unpaired) electrons. The van der Waals surface area contributed by atoms with Crippen LogP contribution in [0.1, 0.15) is 69.9 Å². The number of halogens is 1. The summed E-state index contributed by atoms with van der Waals surface area (Å²) < 4.78 is 27.0. The van der Waals surface area contributed by atoms with Crippen molar-refractivity contribution in [1.82, 2.24) is 10.2 Å². The molecule has 0 aromatic heterocycles. The lowest BCUT2D eigenvalue weighted by Crippen LogP contribution is -2.53. The molecule has 0 saturated heterocycles. The van der Waals surface area contributed by atoms with E-state index in [1.165, 1.54) is 4.90 Å². The van der Waals surface area contributed by atoms with E-state index in [9.17, 15) is 18.0 Å². The van der Waals surface area contributed by atoms with Crippen LogP contribution >= 0.6 is 11.6 Å². The molecule has 1 unspecified atom stereocenters. The standard InChI is InChI=1S/C28H38ClN3O4S/c1-5-25(28(34)30-23-10-6-7-11-23)31(18-21-14-16-22(29)17-15-21)27(33)19-32(37(4,35)36)26-13-9-8-12-24(26)20(2)3/h8-9,12-17,20,23,25H,5-7,10-11,18-19H2,1-4H3,(H,30,34). The zero-order valence-electron chi connectivity index (χ0n) is 22.1. The van der Waals surface area contributed by atoms with Gasteiger partial charge in [0.2, 0.25) is 21.8 Å². The number of hydrogen-bond acceptors (Lipinski definition) is 4. The highest BCUT2D eigenvalue weighted by molar-refractivity contribution is 7.92. The molecule has 0 spiro atoms. The fourth-order valence-corrected chi connectivity index (χ4v) is 5.87. The molecule has 3 rings (SSSR count). The van der Waals surface area contributed by atoms with Crippen molar-refractivity contribution in [2.24, 2.45) is 0 Å². The van der Waals surface area contributed by atoms with E-state index in [-0.39, 0.29) is 24.4 Å². The van der Waals surface area contributed by atoms with Gasteiger partial charge in [0.05, 0.1) is 11.9 Å². The highest BCUT2D eigenvalue weighted by Crippen LogP contribution is 2.29. The monoisotopic (exact) mass is 547 g/mol. The van der Waals surface area contributed by atoms with Gasteiger partial charge in [0, 0.05) is 17.6 Å². The van der Waals surface area contributed by atoms with Crippen molar-refractivity contribution < 1.29 is 18.0 Å². The second kappa shape index (κ2) is 12.8. The average molecular weight is 548 g/mol. The lowest BCUT2D eigenvalue weighted by molar-refractivity contribution is -0.140. The summed E-state index contributed by atoms with van der Waals surface area (Å²) in [6.45, 7) is 5.59. The largest absolute Gasteiger partial charge is 0.352 e. The summed E-state index contributed by atoms with van der Waals surface area (Å²) in [6.07, 6.45) is 5.52. The summed E-state index contributed by atoms with van der Waals surface area (Å²) in [7, 11) is -3.78. The van der Waals surface area contributed by atoms with E-state index < -0.39 is 28.5 Å². The van der Waals surface area contributed by atoms with Gasteiger partial charge in [0.15, 0.2) is 0 Å². The van der Waals surface area contributed by atoms with Crippen molar-refractivity contribution in [1.29, 1.82) is 0 Å². The Hall–Kier alpha value is -2.58. The summed E-state index contributed by atoms with van der Waals surface area (Å²) in [5.41, 5.74) is 2.11. The first kappa shape index (κ1) is 29.0. The van der Waals surface area contributed by atoms with Crippen molar-refractivity contribution in [3.8, 4) is 0 Å². The number of nitrogens with zero attached hydrogens (tertiary/aromatic N) is 2. The molecule has 2 aromatic rings. The number of anilines is 1. The maximum Gasteiger partial charge on any atom is 0.244 e. The van der Waals surface area contributed by atoms with E-state index in [2.05, 4.69) is 5.32 Å². The van der Waals surface area contributed by atoms with E-state index in [1.807, 2.05) is 45.0 Å². The smallest absolute Gasteiger partial charge is 0.244 e. The normalized spacial score (nSPS) is 15.0. The second-order valence-corrected chi connectivity index (χ2v) is 12.4. The summed E-state index contributed by atoms with van der Waals surface area (Å²) in [5.74, 6) is -0.584. The van der Waals surface area contributed by atoms with Crippen LogP contribution in [-0.4, -0.2) is 50.0 Å². The molecule has 2 aromatic carbocycles. The zero-order chi connectivity index (χ0) is 27.2. The highest BCUT2D eigenvalue weighted by atomic mass is 35.5. The number of carbonyl (C=O) groups excluding carboxylic acids is 2. The minimum Gasteiger partial charge on any atom is -0.352 e. The van der Waals surface area contributed by atoms with E-state index in [1.54, 1.807) is 24.3 Å². The number of benzene rings is 2. The van der Waals surface area contributed by atoms with Crippen LogP contribution < -0.4 is 9.62 Å². The molecule has 202 valence electrons. The molecule has 0 heterocycles. The first-order valence-corrected chi connectivity index (χ1v) is 15.1. The van der Waals surface area contributed by atoms with Crippen LogP contribution in [0.4, 0.5) is 5.69 Å². The molecule has 1 atom stereocenters. The average Bonchev–Trinajstić information content (AvgIpc) is 3.35. The lowest BCUT2D eigenvalue weighted by Gasteiger charge is -2.34. The number of rotatable bonds is 11. The van der Waals surface area contributed by atoms with Crippen LogP contribution in [0.3, 0.4) is 0 Å². The van der Waals surface area contributed by atoms with Gasteiger partial charge >= 0.3 is 0 Å². The maximum atomic E-state index is 13.9. The molecule has 1 N–H and O–H groups in total. The minimum atomic E-state index is -3.78. The van der Waals surface area contributed by atoms with E-state index in [0.29, 0.717) is 17.1 Å². The summed E-state index contributed by atoms with van der Waals surface area (Å²) in [6, 6.07) is 13.7. The molecule has 2 amide bonds. The Balaban J connectivity index is 1.96. The molecule has 1 aliphatic carbocycles. The Kier molecular flexibility index (Phi) is 10.0. The minimum absolute atomic E-state index is 0.0568. The SMILES string of the molecule is CCC(C(=O)NC1CCCC1)N(Cc1ccc(Cl)cc1)C(=O)CN(c1ccccc1C(C)C)S(C)(=O)=O. The summed E-state index contributed by atoms with van der Waals surface area (Å²) in [4.78, 5) is 28.7. The fourth-order valence-electron chi connectivity index (χ4n) is 4.87. The number of sulfonamides is 1. The van der Waals surface area contributed by atoms with Crippen LogP contribution in [0.15, 0.2) is 48.5 Å². The molecule has 1 fully saturated rings. The van der Waals surface area contributed by atoms with Crippen LogP contribution in [0.25, 0.3) is 0 Å². The number of para-hydroxylation sites is 1. The van der Waals surface area contributed by atoms with Crippen molar-refractivity contribution >= 4 is 39.1 Å². The Labute approximate surface area is 226 Å². The van der Waals surface area contributed by atoms with Crippen LogP contribution in [-0.2, 0) is 26.2 Å². The van der Waals surface area contributed by atoms with Gasteiger partial charge in [-0.1, -0.05) is 75.5 Å². The van der Waals surface area contributed by atoms with E-state index in [4.69, 9.17) is 11.6 Å². The van der Waals surface area contributed by atoms with Gasteiger partial charge in [-0.3, -0.25) is 13.9 Å². The zero-order valence-corrected chi connectivity index (χ0v) is 23.7. The third kappa shape index (κ3) is 7.71. The highest BCUT2D eigenvalue weighted by Gasteiger charge is 2.33. The number of nitrogens with one attached hydrogen (secondary N) is 1. The molecular weight excluding hydrogens is 510 g/mol. The molecule has 7 nitrogen and oxygen atoms in total. The Morgan fingerprint density at radius 3 is 2.24 bits per heavy atom. The Bertz CT molecular complexity index is 1180. The third-order valence-corrected chi connectivity index (χ3v) is 8.24. The number of amides is 2. The fraction of sp³-hybridized carbons (Fsp3) is 0.500. The number of hydrogen-bond donors (Lipinski definition) is 1. The first-order valence-electron chi connectivity index (χ1n) is 12.9. The van der Waals surface area contributed by atoms with Gasteiger partial charge in [0.1, 0.15) is 12.6 Å². The molecule has 0 bridgehead atoms. The van der Waals surface area contributed by atoms with Gasteiger partial charge in [-0.15, -0.1) is 0 Å². The van der Waals surface area contributed by atoms with E-state index in [0.717, 1.165) is 47.4 Å². The molecule has 1 saturated carbocycles. The summed E-state index contributed by atoms with van der Waals surface area (Å²) in [5, 5.41) is 3.68. The number of carbonyl (C=O) groups is 2. The molecule has 1 aliphatic rings. The van der Waals surface area contributed by atoms with Gasteiger partial charge in [-0.2, -0.15) is 0 Å². The van der Waals surface area contributed by atoms with Crippen LogP contribution in [0, 0.1) is 0 Å². The van der Waals surface area contributed by atoms with Gasteiger partial charge in [0.25, 0.3) is 0 Å². The van der Waals surface area contributed by atoms with Gasteiger partial charge in [-0.25, -0.2) is 8.42 Å². The second-order valence-electron chi connectivity index (χ2n) is 10.0. The first-order chi connectivity index (χ1) is 17.5. The quantitative estimate of drug-likeness (QED) is 0.424. The molecule has 9 heteroatoms. The topological polar surface area (TPSA) is 86.8 Å². The van der Waals surface area contributed by atoms with Gasteiger partial charge < -0.3 is 10.2 Å². The van der Waals surface area contributed by atoms with Crippen molar-refractivity contribution in [3.63, 3.8) is 0 Å². The van der Waals surface area contributed by atoms with Crippen LogP contribution in [0.2, 0.25) is 5.02 Å². The van der Waals surface area contributed by atoms with Crippen molar-refractivity contribution in [2.45, 2.75) is 77.4 Å². The van der Waals surface area contributed by atoms with E-state index >= 15 is 0 Å². The van der Waals surface area contributed by atoms with Gasteiger partial charge in [-0.05, 0) is 54.5 Å². The van der Waals surface area contributed by atoms with Crippen LogP contribution in [0.5, 0.6) is 0 Å². The molecule has 37 heavy (non-hydrogen) atoms.